The Morgan fingerprint density at radius 2 is 1.81 bits per heavy atom. The summed E-state index contributed by atoms with van der Waals surface area (Å²) >= 11 is 0. The van der Waals surface area contributed by atoms with Crippen molar-refractivity contribution in [1.29, 1.82) is 5.26 Å². The highest BCUT2D eigenvalue weighted by Crippen LogP contribution is 2.31. The molecule has 1 amide bonds. The molecule has 26 heavy (non-hydrogen) atoms. The Morgan fingerprint density at radius 1 is 1.12 bits per heavy atom. The number of methoxy groups -OCH3 is 2. The molecule has 0 spiro atoms. The highest BCUT2D eigenvalue weighted by molar-refractivity contribution is 7.92. The first kappa shape index (κ1) is 19.1. The van der Waals surface area contributed by atoms with Gasteiger partial charge in [-0.25, -0.2) is 8.42 Å². The van der Waals surface area contributed by atoms with E-state index in [9.17, 15) is 13.2 Å². The van der Waals surface area contributed by atoms with Gasteiger partial charge in [-0.05, 0) is 36.4 Å². The van der Waals surface area contributed by atoms with Crippen molar-refractivity contribution >= 4 is 27.3 Å². The molecule has 2 aromatic rings. The summed E-state index contributed by atoms with van der Waals surface area (Å²) in [5.41, 5.74) is 0.658. The normalized spacial score (nSPS) is 10.5. The van der Waals surface area contributed by atoms with Crippen LogP contribution < -0.4 is 19.5 Å². The molecule has 0 aromatic heterocycles. The highest BCUT2D eigenvalue weighted by atomic mass is 32.2. The molecule has 136 valence electrons. The van der Waals surface area contributed by atoms with Crippen LogP contribution in [0.4, 0.5) is 11.4 Å². The summed E-state index contributed by atoms with van der Waals surface area (Å²) in [4.78, 5) is 11.4. The number of hydrogen-bond acceptors (Lipinski definition) is 6. The second-order valence-corrected chi connectivity index (χ2v) is 6.76. The Hall–Kier alpha value is -3.25. The van der Waals surface area contributed by atoms with E-state index in [2.05, 4.69) is 10.0 Å². The molecule has 0 aliphatic carbocycles. The van der Waals surface area contributed by atoms with Crippen LogP contribution >= 0.6 is 0 Å². The van der Waals surface area contributed by atoms with E-state index in [1.807, 2.05) is 0 Å². The van der Waals surface area contributed by atoms with Crippen LogP contribution in [0.2, 0.25) is 0 Å². The molecular formula is C17H17N3O5S. The minimum atomic E-state index is -3.86. The van der Waals surface area contributed by atoms with Crippen molar-refractivity contribution in [3.8, 4) is 17.6 Å². The fraction of sp³-hybridized carbons (Fsp3) is 0.176. The van der Waals surface area contributed by atoms with Crippen LogP contribution in [-0.2, 0) is 14.8 Å². The van der Waals surface area contributed by atoms with Gasteiger partial charge in [0.05, 0.1) is 30.9 Å². The van der Waals surface area contributed by atoms with Gasteiger partial charge in [0, 0.05) is 11.8 Å². The minimum absolute atomic E-state index is 0.00801. The van der Waals surface area contributed by atoms with Gasteiger partial charge < -0.3 is 14.8 Å². The standard InChI is InChI=1S/C17H17N3O5S/c1-24-13-5-8-15(16(11-13)25-2)20-26(22,23)14-6-3-12(4-7-14)19-17(21)9-10-18/h3-8,11,20H,9H2,1-2H3,(H,19,21). The Morgan fingerprint density at radius 3 is 2.38 bits per heavy atom. The summed E-state index contributed by atoms with van der Waals surface area (Å²) < 4.78 is 37.8. The lowest BCUT2D eigenvalue weighted by Crippen LogP contribution is -2.14. The van der Waals surface area contributed by atoms with Crippen molar-refractivity contribution in [2.75, 3.05) is 24.3 Å². The van der Waals surface area contributed by atoms with Crippen LogP contribution in [0.25, 0.3) is 0 Å². The number of rotatable bonds is 7. The fourth-order valence-electron chi connectivity index (χ4n) is 2.08. The summed E-state index contributed by atoms with van der Waals surface area (Å²) in [6.45, 7) is 0. The lowest BCUT2D eigenvalue weighted by atomic mass is 10.3. The minimum Gasteiger partial charge on any atom is -0.497 e. The molecule has 0 aliphatic rings. The van der Waals surface area contributed by atoms with Crippen LogP contribution in [0.3, 0.4) is 0 Å². The van der Waals surface area contributed by atoms with Gasteiger partial charge in [-0.2, -0.15) is 5.26 Å². The number of ether oxygens (including phenoxy) is 2. The van der Waals surface area contributed by atoms with Gasteiger partial charge in [0.15, 0.2) is 0 Å². The fourth-order valence-corrected chi connectivity index (χ4v) is 3.15. The van der Waals surface area contributed by atoms with E-state index in [1.165, 1.54) is 44.6 Å². The molecule has 0 saturated heterocycles. The molecule has 0 heterocycles. The number of nitriles is 1. The summed E-state index contributed by atoms with van der Waals surface area (Å²) in [5, 5.41) is 11.0. The van der Waals surface area contributed by atoms with Crippen LogP contribution in [0, 0.1) is 11.3 Å². The van der Waals surface area contributed by atoms with Crippen LogP contribution in [0.15, 0.2) is 47.4 Å². The van der Waals surface area contributed by atoms with Crippen molar-refractivity contribution in [3.05, 3.63) is 42.5 Å². The van der Waals surface area contributed by atoms with Gasteiger partial charge in [0.25, 0.3) is 10.0 Å². The molecule has 0 atom stereocenters. The van der Waals surface area contributed by atoms with Crippen molar-refractivity contribution in [2.24, 2.45) is 0 Å². The zero-order valence-electron chi connectivity index (χ0n) is 14.1. The number of sulfonamides is 1. The van der Waals surface area contributed by atoms with Crippen LogP contribution in [0.1, 0.15) is 6.42 Å². The summed E-state index contributed by atoms with van der Waals surface area (Å²) in [6, 6.07) is 12.0. The SMILES string of the molecule is COc1ccc(NS(=O)(=O)c2ccc(NC(=O)CC#N)cc2)c(OC)c1. The van der Waals surface area contributed by atoms with Crippen molar-refractivity contribution in [2.45, 2.75) is 11.3 Å². The van der Waals surface area contributed by atoms with E-state index in [0.29, 0.717) is 17.2 Å². The quantitative estimate of drug-likeness (QED) is 0.767. The molecule has 2 rings (SSSR count). The van der Waals surface area contributed by atoms with Gasteiger partial charge >= 0.3 is 0 Å². The van der Waals surface area contributed by atoms with Gasteiger partial charge in [-0.1, -0.05) is 0 Å². The van der Waals surface area contributed by atoms with Crippen molar-refractivity contribution in [3.63, 3.8) is 0 Å². The molecule has 0 bridgehead atoms. The number of carbonyl (C=O) groups excluding carboxylic acids is 1. The molecule has 8 nitrogen and oxygen atoms in total. The third-order valence-corrected chi connectivity index (χ3v) is 4.72. The molecule has 9 heteroatoms. The summed E-state index contributed by atoms with van der Waals surface area (Å²) in [7, 11) is -0.939. The van der Waals surface area contributed by atoms with Gasteiger partial charge in [0.1, 0.15) is 17.9 Å². The topological polar surface area (TPSA) is 118 Å². The lowest BCUT2D eigenvalue weighted by molar-refractivity contribution is -0.115. The Kier molecular flexibility index (Phi) is 6.03. The molecule has 0 unspecified atom stereocenters. The number of benzene rings is 2. The first-order valence-corrected chi connectivity index (χ1v) is 8.89. The maximum absolute atomic E-state index is 12.5. The number of hydrogen-bond donors (Lipinski definition) is 2. The molecule has 0 fully saturated rings. The third-order valence-electron chi connectivity index (χ3n) is 3.34. The van der Waals surface area contributed by atoms with E-state index in [0.717, 1.165) is 0 Å². The maximum atomic E-state index is 12.5. The average molecular weight is 375 g/mol. The van der Waals surface area contributed by atoms with E-state index in [4.69, 9.17) is 14.7 Å². The van der Waals surface area contributed by atoms with E-state index in [-0.39, 0.29) is 17.0 Å². The van der Waals surface area contributed by atoms with Crippen molar-refractivity contribution in [1.82, 2.24) is 0 Å². The maximum Gasteiger partial charge on any atom is 0.262 e. The van der Waals surface area contributed by atoms with Gasteiger partial charge in [0.2, 0.25) is 5.91 Å². The third kappa shape index (κ3) is 4.64. The Labute approximate surface area is 151 Å². The van der Waals surface area contributed by atoms with E-state index >= 15 is 0 Å². The number of nitrogens with one attached hydrogen (secondary N) is 2. The van der Waals surface area contributed by atoms with Crippen LogP contribution in [-0.4, -0.2) is 28.5 Å². The monoisotopic (exact) mass is 375 g/mol. The number of carbonyl (C=O) groups is 1. The zero-order valence-corrected chi connectivity index (χ0v) is 15.0. The highest BCUT2D eigenvalue weighted by Gasteiger charge is 2.17. The van der Waals surface area contributed by atoms with Gasteiger partial charge in [-0.15, -0.1) is 0 Å². The molecular weight excluding hydrogens is 358 g/mol. The summed E-state index contributed by atoms with van der Waals surface area (Å²) in [5.74, 6) is 0.375. The number of nitrogens with zero attached hydrogens (tertiary/aromatic N) is 1. The first-order chi connectivity index (χ1) is 12.4. The van der Waals surface area contributed by atoms with Crippen molar-refractivity contribution < 1.29 is 22.7 Å². The molecule has 0 radical (unpaired) electrons. The molecule has 0 aliphatic heterocycles. The Bertz CT molecular complexity index is 934. The smallest absolute Gasteiger partial charge is 0.262 e. The predicted octanol–water partition coefficient (Wildman–Crippen LogP) is 2.36. The Balaban J connectivity index is 2.20. The molecule has 2 N–H and O–H groups in total. The lowest BCUT2D eigenvalue weighted by Gasteiger charge is -2.13. The van der Waals surface area contributed by atoms with Crippen LogP contribution in [0.5, 0.6) is 11.5 Å². The number of anilines is 2. The molecule has 2 aromatic carbocycles. The van der Waals surface area contributed by atoms with E-state index < -0.39 is 15.9 Å². The van der Waals surface area contributed by atoms with Gasteiger partial charge in [-0.3, -0.25) is 9.52 Å². The second kappa shape index (κ2) is 8.22. The largest absolute Gasteiger partial charge is 0.497 e. The average Bonchev–Trinajstić information content (AvgIpc) is 2.62. The van der Waals surface area contributed by atoms with E-state index in [1.54, 1.807) is 18.2 Å². The molecule has 0 saturated carbocycles. The first-order valence-electron chi connectivity index (χ1n) is 7.41. The zero-order chi connectivity index (χ0) is 19.2. The summed E-state index contributed by atoms with van der Waals surface area (Å²) in [6.07, 6.45) is -0.279. The predicted molar refractivity (Wildman–Crippen MR) is 95.7 cm³/mol. The second-order valence-electron chi connectivity index (χ2n) is 5.08. The number of amides is 1.